The van der Waals surface area contributed by atoms with Crippen molar-refractivity contribution < 1.29 is 4.79 Å². The molecule has 0 atom stereocenters. The molecule has 0 aliphatic carbocycles. The first kappa shape index (κ1) is 10.2. The van der Waals surface area contributed by atoms with Gasteiger partial charge in [-0.15, -0.1) is 0 Å². The Labute approximate surface area is 91.9 Å². The van der Waals surface area contributed by atoms with Crippen LogP contribution in [0.15, 0.2) is 24.5 Å². The molecule has 2 aromatic rings. The van der Waals surface area contributed by atoms with Gasteiger partial charge in [0.05, 0.1) is 6.20 Å². The number of aryl methyl sites for hydroxylation is 1. The zero-order chi connectivity index (χ0) is 11.7. The molecule has 82 valence electrons. The van der Waals surface area contributed by atoms with Crippen molar-refractivity contribution in [2.75, 3.05) is 5.73 Å². The van der Waals surface area contributed by atoms with Gasteiger partial charge in [-0.05, 0) is 24.6 Å². The predicted octanol–water partition coefficient (Wildman–Crippen LogP) is 0.257. The Hall–Kier alpha value is -2.37. The number of carbonyl (C=O) groups is 1. The quantitative estimate of drug-likeness (QED) is 0.753. The summed E-state index contributed by atoms with van der Waals surface area (Å²) in [6.45, 7) is 1.93. The fourth-order valence-corrected chi connectivity index (χ4v) is 1.37. The molecule has 16 heavy (non-hydrogen) atoms. The van der Waals surface area contributed by atoms with Crippen molar-refractivity contribution in [2.45, 2.75) is 6.92 Å². The van der Waals surface area contributed by atoms with Crippen molar-refractivity contribution in [3.63, 3.8) is 0 Å². The highest BCUT2D eigenvalue weighted by Crippen LogP contribution is 2.15. The molecule has 2 heterocycles. The lowest BCUT2D eigenvalue weighted by molar-refractivity contribution is 0.100. The number of anilines is 1. The smallest absolute Gasteiger partial charge is 0.254 e. The van der Waals surface area contributed by atoms with E-state index in [1.54, 1.807) is 6.20 Å². The molecule has 0 bridgehead atoms. The maximum Gasteiger partial charge on any atom is 0.254 e. The lowest BCUT2D eigenvalue weighted by atomic mass is 10.3. The number of nitrogens with zero attached hydrogens (tertiary/aromatic N) is 3. The Balaban J connectivity index is 2.53. The largest absolute Gasteiger partial charge is 0.383 e. The Bertz CT molecular complexity index is 546. The van der Waals surface area contributed by atoms with E-state index in [1.807, 2.05) is 19.1 Å². The van der Waals surface area contributed by atoms with Crippen molar-refractivity contribution >= 4 is 11.7 Å². The van der Waals surface area contributed by atoms with Crippen LogP contribution in [-0.4, -0.2) is 20.7 Å². The minimum Gasteiger partial charge on any atom is -0.383 e. The summed E-state index contributed by atoms with van der Waals surface area (Å²) in [5.74, 6) is 0.159. The van der Waals surface area contributed by atoms with Crippen molar-refractivity contribution in [3.05, 3.63) is 35.7 Å². The number of rotatable bonds is 2. The minimum absolute atomic E-state index is 0.198. The molecular weight excluding hydrogens is 206 g/mol. The van der Waals surface area contributed by atoms with E-state index >= 15 is 0 Å². The molecule has 0 aliphatic heterocycles. The first-order valence-corrected chi connectivity index (χ1v) is 4.66. The number of carbonyl (C=O) groups excluding carboxylic acids is 1. The number of amides is 1. The molecule has 6 heteroatoms. The molecule has 6 nitrogen and oxygen atoms in total. The fourth-order valence-electron chi connectivity index (χ4n) is 1.37. The van der Waals surface area contributed by atoms with Crippen LogP contribution in [0.3, 0.4) is 0 Å². The van der Waals surface area contributed by atoms with Crippen LogP contribution in [0.4, 0.5) is 5.82 Å². The van der Waals surface area contributed by atoms with Gasteiger partial charge < -0.3 is 11.5 Å². The van der Waals surface area contributed by atoms with Gasteiger partial charge in [0.1, 0.15) is 11.4 Å². The summed E-state index contributed by atoms with van der Waals surface area (Å²) >= 11 is 0. The third-order valence-electron chi connectivity index (χ3n) is 2.19. The topological polar surface area (TPSA) is 99.8 Å². The molecule has 0 spiro atoms. The number of nitrogens with two attached hydrogens (primary N) is 2. The molecule has 0 radical (unpaired) electrons. The lowest BCUT2D eigenvalue weighted by Gasteiger charge is -2.03. The van der Waals surface area contributed by atoms with Gasteiger partial charge in [0.2, 0.25) is 0 Å². The average molecular weight is 217 g/mol. The van der Waals surface area contributed by atoms with E-state index in [2.05, 4.69) is 10.1 Å². The standard InChI is InChI=1S/C10H11N5O/c1-6-2-3-13-8(4-6)15-9(11)7(5-14-15)10(12)16/h2-5H,11H2,1H3,(H2,12,16). The number of hydrogen-bond donors (Lipinski definition) is 2. The van der Waals surface area contributed by atoms with E-state index in [9.17, 15) is 4.79 Å². The van der Waals surface area contributed by atoms with Gasteiger partial charge in [0.25, 0.3) is 5.91 Å². The van der Waals surface area contributed by atoms with Crippen molar-refractivity contribution in [1.29, 1.82) is 0 Å². The first-order chi connectivity index (χ1) is 7.59. The molecule has 4 N–H and O–H groups in total. The summed E-state index contributed by atoms with van der Waals surface area (Å²) < 4.78 is 1.38. The SMILES string of the molecule is Cc1ccnc(-n2ncc(C(N)=O)c2N)c1. The average Bonchev–Trinajstić information content (AvgIpc) is 2.60. The summed E-state index contributed by atoms with van der Waals surface area (Å²) in [6, 6.07) is 3.67. The van der Waals surface area contributed by atoms with Crippen LogP contribution < -0.4 is 11.5 Å². The number of hydrogen-bond acceptors (Lipinski definition) is 4. The van der Waals surface area contributed by atoms with Gasteiger partial charge in [-0.1, -0.05) is 0 Å². The highest BCUT2D eigenvalue weighted by molar-refractivity contribution is 5.97. The first-order valence-electron chi connectivity index (χ1n) is 4.66. The molecule has 0 aliphatic rings. The van der Waals surface area contributed by atoms with Crippen molar-refractivity contribution in [2.24, 2.45) is 5.73 Å². The summed E-state index contributed by atoms with van der Waals surface area (Å²) in [7, 11) is 0. The Morgan fingerprint density at radius 3 is 2.81 bits per heavy atom. The van der Waals surface area contributed by atoms with Gasteiger partial charge in [0.15, 0.2) is 5.82 Å². The van der Waals surface area contributed by atoms with E-state index in [4.69, 9.17) is 11.5 Å². The van der Waals surface area contributed by atoms with E-state index in [0.717, 1.165) is 5.56 Å². The molecule has 0 saturated carbocycles. The van der Waals surface area contributed by atoms with Crippen LogP contribution >= 0.6 is 0 Å². The number of pyridine rings is 1. The van der Waals surface area contributed by atoms with E-state index < -0.39 is 5.91 Å². The van der Waals surface area contributed by atoms with Crippen LogP contribution in [0.1, 0.15) is 15.9 Å². The Morgan fingerprint density at radius 2 is 2.25 bits per heavy atom. The molecule has 1 amide bonds. The zero-order valence-corrected chi connectivity index (χ0v) is 8.71. The van der Waals surface area contributed by atoms with Gasteiger partial charge in [0, 0.05) is 6.20 Å². The monoisotopic (exact) mass is 217 g/mol. The van der Waals surface area contributed by atoms with E-state index in [-0.39, 0.29) is 11.4 Å². The second-order valence-electron chi connectivity index (χ2n) is 3.41. The highest BCUT2D eigenvalue weighted by Gasteiger charge is 2.13. The summed E-state index contributed by atoms with van der Waals surface area (Å²) in [6.07, 6.45) is 2.98. The van der Waals surface area contributed by atoms with Crippen LogP contribution in [0, 0.1) is 6.92 Å². The summed E-state index contributed by atoms with van der Waals surface area (Å²) in [5, 5.41) is 3.98. The molecule has 0 fully saturated rings. The van der Waals surface area contributed by atoms with Crippen LogP contribution in [0.2, 0.25) is 0 Å². The van der Waals surface area contributed by atoms with E-state index in [1.165, 1.54) is 10.9 Å². The second kappa shape index (κ2) is 3.65. The highest BCUT2D eigenvalue weighted by atomic mass is 16.1. The summed E-state index contributed by atoms with van der Waals surface area (Å²) in [5.41, 5.74) is 12.1. The van der Waals surface area contributed by atoms with Crippen LogP contribution in [0.5, 0.6) is 0 Å². The molecule has 0 saturated heterocycles. The van der Waals surface area contributed by atoms with Gasteiger partial charge in [-0.2, -0.15) is 9.78 Å². The third-order valence-corrected chi connectivity index (χ3v) is 2.19. The molecule has 0 unspecified atom stereocenters. The molecule has 2 aromatic heterocycles. The summed E-state index contributed by atoms with van der Waals surface area (Å²) in [4.78, 5) is 15.1. The maximum atomic E-state index is 11.0. The Morgan fingerprint density at radius 1 is 1.50 bits per heavy atom. The number of nitrogen functional groups attached to an aromatic ring is 1. The third kappa shape index (κ3) is 1.60. The number of primary amides is 1. The maximum absolute atomic E-state index is 11.0. The fraction of sp³-hybridized carbons (Fsp3) is 0.100. The van der Waals surface area contributed by atoms with Crippen molar-refractivity contribution in [1.82, 2.24) is 14.8 Å². The van der Waals surface area contributed by atoms with E-state index in [0.29, 0.717) is 5.82 Å². The van der Waals surface area contributed by atoms with Gasteiger partial charge in [-0.25, -0.2) is 4.98 Å². The van der Waals surface area contributed by atoms with Crippen molar-refractivity contribution in [3.8, 4) is 5.82 Å². The zero-order valence-electron chi connectivity index (χ0n) is 8.71. The van der Waals surface area contributed by atoms with Gasteiger partial charge >= 0.3 is 0 Å². The molecular formula is C10H11N5O. The van der Waals surface area contributed by atoms with Crippen LogP contribution in [0.25, 0.3) is 5.82 Å². The normalized spacial score (nSPS) is 10.3. The Kier molecular flexibility index (Phi) is 2.32. The lowest BCUT2D eigenvalue weighted by Crippen LogP contribution is -2.13. The van der Waals surface area contributed by atoms with Crippen LogP contribution in [-0.2, 0) is 0 Å². The van der Waals surface area contributed by atoms with Gasteiger partial charge in [-0.3, -0.25) is 4.79 Å². The number of aromatic nitrogens is 3. The predicted molar refractivity (Wildman–Crippen MR) is 59.0 cm³/mol. The molecule has 0 aromatic carbocycles. The second-order valence-corrected chi connectivity index (χ2v) is 3.41. The molecule has 2 rings (SSSR count). The minimum atomic E-state index is -0.601.